The van der Waals surface area contributed by atoms with Gasteiger partial charge in [-0.15, -0.1) is 0 Å². The van der Waals surface area contributed by atoms with E-state index in [-0.39, 0.29) is 23.6 Å². The number of rotatable bonds is 5. The fourth-order valence-corrected chi connectivity index (χ4v) is 1.70. The van der Waals surface area contributed by atoms with Gasteiger partial charge in [0.05, 0.1) is 12.3 Å². The molecule has 1 N–H and O–H groups in total. The third kappa shape index (κ3) is 6.07. The molecular formula is C10H22N2O3S. The number of nitrogens with zero attached hydrogens (tertiary/aromatic N) is 1. The van der Waals surface area contributed by atoms with E-state index >= 15 is 0 Å². The second kappa shape index (κ2) is 5.63. The van der Waals surface area contributed by atoms with Crippen molar-refractivity contribution in [1.29, 1.82) is 0 Å². The van der Waals surface area contributed by atoms with Gasteiger partial charge in [-0.3, -0.25) is 4.79 Å². The Hall–Kier alpha value is -0.620. The van der Waals surface area contributed by atoms with Crippen molar-refractivity contribution >= 4 is 15.9 Å². The quantitative estimate of drug-likeness (QED) is 0.769. The largest absolute Gasteiger partial charge is 0.354 e. The fourth-order valence-electron chi connectivity index (χ4n) is 0.941. The highest BCUT2D eigenvalue weighted by Crippen LogP contribution is 2.10. The minimum Gasteiger partial charge on any atom is -0.354 e. The molecule has 1 amide bonds. The van der Waals surface area contributed by atoms with Gasteiger partial charge in [0, 0.05) is 13.6 Å². The van der Waals surface area contributed by atoms with E-state index in [9.17, 15) is 13.2 Å². The van der Waals surface area contributed by atoms with Gasteiger partial charge >= 0.3 is 0 Å². The number of amides is 1. The van der Waals surface area contributed by atoms with E-state index < -0.39 is 10.0 Å². The Bertz CT molecular complexity index is 330. The molecule has 0 aliphatic carbocycles. The van der Waals surface area contributed by atoms with Crippen molar-refractivity contribution in [3.05, 3.63) is 0 Å². The van der Waals surface area contributed by atoms with Crippen LogP contribution in [-0.2, 0) is 14.8 Å². The van der Waals surface area contributed by atoms with Crippen LogP contribution in [-0.4, -0.2) is 44.5 Å². The molecular weight excluding hydrogens is 228 g/mol. The maximum absolute atomic E-state index is 11.4. The summed E-state index contributed by atoms with van der Waals surface area (Å²) in [4.78, 5) is 11.4. The number of carbonyl (C=O) groups excluding carboxylic acids is 1. The van der Waals surface area contributed by atoms with Crippen LogP contribution in [0.25, 0.3) is 0 Å². The number of carbonyl (C=O) groups is 1. The number of hydrogen-bond donors (Lipinski definition) is 1. The molecule has 0 aliphatic heterocycles. The first-order valence-corrected chi connectivity index (χ1v) is 6.90. The van der Waals surface area contributed by atoms with Gasteiger partial charge in [-0.2, -0.15) is 4.31 Å². The van der Waals surface area contributed by atoms with Crippen LogP contribution in [0.15, 0.2) is 0 Å². The Morgan fingerprint density at radius 3 is 2.19 bits per heavy atom. The third-order valence-corrected chi connectivity index (χ3v) is 3.83. The summed E-state index contributed by atoms with van der Waals surface area (Å²) in [6.07, 6.45) is 0. The second-order valence-corrected chi connectivity index (χ2v) is 7.36. The van der Waals surface area contributed by atoms with Crippen molar-refractivity contribution in [2.45, 2.75) is 27.7 Å². The standard InChI is InChI=1S/C10H22N2O3S/c1-6-16(14,15)12(5)7-9(13)11-8-10(2,3)4/h6-8H2,1-5H3,(H,11,13). The van der Waals surface area contributed by atoms with Crippen LogP contribution < -0.4 is 5.32 Å². The summed E-state index contributed by atoms with van der Waals surface area (Å²) in [6.45, 7) is 7.97. The lowest BCUT2D eigenvalue weighted by molar-refractivity contribution is -0.121. The summed E-state index contributed by atoms with van der Waals surface area (Å²) in [5, 5.41) is 2.70. The minimum atomic E-state index is -3.27. The van der Waals surface area contributed by atoms with Crippen LogP contribution in [0.1, 0.15) is 27.7 Å². The zero-order valence-corrected chi connectivity index (χ0v) is 11.5. The van der Waals surface area contributed by atoms with Gasteiger partial charge in [0.1, 0.15) is 0 Å². The summed E-state index contributed by atoms with van der Waals surface area (Å²) in [7, 11) is -1.86. The Labute approximate surface area is 98.3 Å². The summed E-state index contributed by atoms with van der Waals surface area (Å²) >= 11 is 0. The average molecular weight is 250 g/mol. The molecule has 0 aromatic heterocycles. The lowest BCUT2D eigenvalue weighted by Gasteiger charge is -2.20. The Balaban J connectivity index is 4.17. The highest BCUT2D eigenvalue weighted by Gasteiger charge is 2.19. The molecule has 16 heavy (non-hydrogen) atoms. The molecule has 0 saturated heterocycles. The number of sulfonamides is 1. The van der Waals surface area contributed by atoms with Gasteiger partial charge in [0.2, 0.25) is 15.9 Å². The molecule has 0 radical (unpaired) electrons. The molecule has 0 rings (SSSR count). The molecule has 5 nitrogen and oxygen atoms in total. The van der Waals surface area contributed by atoms with E-state index in [0.717, 1.165) is 4.31 Å². The summed E-state index contributed by atoms with van der Waals surface area (Å²) in [6, 6.07) is 0. The molecule has 0 unspecified atom stereocenters. The van der Waals surface area contributed by atoms with Crippen molar-refractivity contribution in [2.75, 3.05) is 25.9 Å². The van der Waals surface area contributed by atoms with Crippen LogP contribution >= 0.6 is 0 Å². The molecule has 0 fully saturated rings. The van der Waals surface area contributed by atoms with Crippen LogP contribution in [0, 0.1) is 5.41 Å². The minimum absolute atomic E-state index is 0.00212. The predicted octanol–water partition coefficient (Wildman–Crippen LogP) is 0.430. The summed E-state index contributed by atoms with van der Waals surface area (Å²) in [5.41, 5.74) is -0.00212. The molecule has 0 spiro atoms. The monoisotopic (exact) mass is 250 g/mol. The number of hydrogen-bond acceptors (Lipinski definition) is 3. The number of nitrogens with one attached hydrogen (secondary N) is 1. The zero-order valence-electron chi connectivity index (χ0n) is 10.7. The van der Waals surface area contributed by atoms with E-state index in [1.54, 1.807) is 6.92 Å². The molecule has 0 heterocycles. The highest BCUT2D eigenvalue weighted by molar-refractivity contribution is 7.89. The molecule has 0 aromatic rings. The topological polar surface area (TPSA) is 66.5 Å². The Kier molecular flexibility index (Phi) is 5.41. The van der Waals surface area contributed by atoms with Crippen molar-refractivity contribution in [3.63, 3.8) is 0 Å². The van der Waals surface area contributed by atoms with Gasteiger partial charge in [-0.05, 0) is 12.3 Å². The van der Waals surface area contributed by atoms with Gasteiger partial charge < -0.3 is 5.32 Å². The first kappa shape index (κ1) is 15.4. The van der Waals surface area contributed by atoms with E-state index in [4.69, 9.17) is 0 Å². The summed E-state index contributed by atoms with van der Waals surface area (Å²) < 4.78 is 23.8. The Morgan fingerprint density at radius 1 is 1.31 bits per heavy atom. The molecule has 0 aromatic carbocycles. The predicted molar refractivity (Wildman–Crippen MR) is 64.6 cm³/mol. The lowest BCUT2D eigenvalue weighted by Crippen LogP contribution is -2.41. The number of likely N-dealkylation sites (N-methyl/N-ethyl adjacent to an activating group) is 1. The maximum Gasteiger partial charge on any atom is 0.235 e. The first-order chi connectivity index (χ1) is 7.08. The zero-order chi connectivity index (χ0) is 13.0. The normalized spacial score (nSPS) is 12.9. The van der Waals surface area contributed by atoms with E-state index in [1.807, 2.05) is 20.8 Å². The molecule has 6 heteroatoms. The van der Waals surface area contributed by atoms with Crippen LogP contribution in [0.3, 0.4) is 0 Å². The van der Waals surface area contributed by atoms with Gasteiger partial charge in [0.25, 0.3) is 0 Å². The van der Waals surface area contributed by atoms with E-state index in [0.29, 0.717) is 6.54 Å². The van der Waals surface area contributed by atoms with Gasteiger partial charge in [0.15, 0.2) is 0 Å². The highest BCUT2D eigenvalue weighted by atomic mass is 32.2. The van der Waals surface area contributed by atoms with Crippen LogP contribution in [0.4, 0.5) is 0 Å². The summed E-state index contributed by atoms with van der Waals surface area (Å²) in [5.74, 6) is -0.259. The van der Waals surface area contributed by atoms with Gasteiger partial charge in [-0.25, -0.2) is 8.42 Å². The van der Waals surface area contributed by atoms with Crippen molar-refractivity contribution in [2.24, 2.45) is 5.41 Å². The van der Waals surface area contributed by atoms with E-state index in [1.165, 1.54) is 7.05 Å². The van der Waals surface area contributed by atoms with Crippen LogP contribution in [0.5, 0.6) is 0 Å². The molecule has 0 bridgehead atoms. The average Bonchev–Trinajstić information content (AvgIpc) is 2.13. The Morgan fingerprint density at radius 2 is 1.81 bits per heavy atom. The molecule has 0 atom stereocenters. The lowest BCUT2D eigenvalue weighted by atomic mass is 9.97. The maximum atomic E-state index is 11.4. The molecule has 96 valence electrons. The fraction of sp³-hybridized carbons (Fsp3) is 0.900. The smallest absolute Gasteiger partial charge is 0.235 e. The van der Waals surface area contributed by atoms with Crippen molar-refractivity contribution in [3.8, 4) is 0 Å². The van der Waals surface area contributed by atoms with E-state index in [2.05, 4.69) is 5.32 Å². The van der Waals surface area contributed by atoms with Crippen molar-refractivity contribution in [1.82, 2.24) is 9.62 Å². The SMILES string of the molecule is CCS(=O)(=O)N(C)CC(=O)NCC(C)(C)C. The van der Waals surface area contributed by atoms with Crippen molar-refractivity contribution < 1.29 is 13.2 Å². The first-order valence-electron chi connectivity index (χ1n) is 5.29. The van der Waals surface area contributed by atoms with Gasteiger partial charge in [-0.1, -0.05) is 20.8 Å². The second-order valence-electron chi connectivity index (χ2n) is 4.99. The molecule has 0 aliphatic rings. The molecule has 0 saturated carbocycles. The third-order valence-electron chi connectivity index (χ3n) is 2.02. The van der Waals surface area contributed by atoms with Crippen LogP contribution in [0.2, 0.25) is 0 Å².